The van der Waals surface area contributed by atoms with E-state index in [0.717, 1.165) is 17.8 Å². The zero-order valence-electron chi connectivity index (χ0n) is 18.4. The molecule has 0 unspecified atom stereocenters. The zero-order chi connectivity index (χ0) is 24.1. The number of ether oxygens (including phenoxy) is 3. The minimum Gasteiger partial charge on any atom is -0.485 e. The molecule has 1 saturated heterocycles. The van der Waals surface area contributed by atoms with Gasteiger partial charge in [-0.2, -0.15) is 0 Å². The number of anilines is 1. The molecule has 1 aromatic carbocycles. The fourth-order valence-corrected chi connectivity index (χ4v) is 6.33. The molecule has 35 heavy (non-hydrogen) atoms. The lowest BCUT2D eigenvalue weighted by atomic mass is 10.1. The first-order chi connectivity index (χ1) is 17.0. The fraction of sp³-hybridized carbons (Fsp3) is 0.348. The van der Waals surface area contributed by atoms with Crippen LogP contribution in [0.4, 0.5) is 14.3 Å². The standard InChI is InChI=1S/C23H21FN4O5S2/c24-13-3-1-2-11(6-13)19-17(27-22(25)35-19)20(29)28-9-12-7-14(12)15(28)8-26-23(30)33-21-18-16(10-34-21)31-4-5-32-18/h1-3,6,10,12,14-15H,4-5,7-9H2,(H2,25,27)(H,26,30)/t12-,14-,15+/m0/s1. The zero-order valence-corrected chi connectivity index (χ0v) is 20.0. The number of rotatable bonds is 5. The van der Waals surface area contributed by atoms with Gasteiger partial charge in [0.2, 0.25) is 10.8 Å². The number of halogens is 1. The first kappa shape index (κ1) is 22.1. The first-order valence-electron chi connectivity index (χ1n) is 11.1. The van der Waals surface area contributed by atoms with Crippen LogP contribution in [-0.4, -0.2) is 54.2 Å². The summed E-state index contributed by atoms with van der Waals surface area (Å²) in [6.45, 7) is 1.66. The van der Waals surface area contributed by atoms with Gasteiger partial charge in [-0.25, -0.2) is 14.2 Å². The fourth-order valence-electron chi connectivity index (χ4n) is 4.73. The molecule has 2 aromatic heterocycles. The number of thiazole rings is 1. The van der Waals surface area contributed by atoms with Crippen molar-refractivity contribution in [1.82, 2.24) is 15.2 Å². The highest BCUT2D eigenvalue weighted by molar-refractivity contribution is 7.19. The molecular formula is C23H21FN4O5S2. The molecule has 12 heteroatoms. The van der Waals surface area contributed by atoms with Gasteiger partial charge in [-0.05, 0) is 36.0 Å². The van der Waals surface area contributed by atoms with Gasteiger partial charge in [0.1, 0.15) is 24.7 Å². The molecule has 0 bridgehead atoms. The molecular weight excluding hydrogens is 495 g/mol. The second-order valence-corrected chi connectivity index (χ2v) is 10.5. The number of nitrogens with two attached hydrogens (primary N) is 1. The number of piperidine rings is 1. The van der Waals surface area contributed by atoms with Crippen LogP contribution in [0.3, 0.4) is 0 Å². The van der Waals surface area contributed by atoms with Gasteiger partial charge in [0.15, 0.2) is 10.9 Å². The number of benzene rings is 1. The van der Waals surface area contributed by atoms with Crippen molar-refractivity contribution in [3.8, 4) is 27.0 Å². The van der Waals surface area contributed by atoms with E-state index in [-0.39, 0.29) is 29.3 Å². The van der Waals surface area contributed by atoms with E-state index in [4.69, 9.17) is 19.9 Å². The molecule has 0 radical (unpaired) electrons. The van der Waals surface area contributed by atoms with Gasteiger partial charge in [-0.15, -0.1) is 0 Å². The predicted molar refractivity (Wildman–Crippen MR) is 128 cm³/mol. The molecule has 182 valence electrons. The van der Waals surface area contributed by atoms with Crippen LogP contribution in [0.2, 0.25) is 0 Å². The summed E-state index contributed by atoms with van der Waals surface area (Å²) in [5, 5.41) is 5.09. The Bertz CT molecular complexity index is 1310. The Morgan fingerprint density at radius 1 is 1.31 bits per heavy atom. The highest BCUT2D eigenvalue weighted by Gasteiger charge is 2.54. The largest absolute Gasteiger partial charge is 0.485 e. The number of nitrogen functional groups attached to an aromatic ring is 1. The van der Waals surface area contributed by atoms with Gasteiger partial charge in [-0.3, -0.25) is 4.79 Å². The van der Waals surface area contributed by atoms with E-state index in [0.29, 0.717) is 58.6 Å². The summed E-state index contributed by atoms with van der Waals surface area (Å²) >= 11 is 2.37. The van der Waals surface area contributed by atoms with Gasteiger partial charge in [-0.1, -0.05) is 34.8 Å². The highest BCUT2D eigenvalue weighted by atomic mass is 32.1. The normalized spacial score (nSPS) is 22.0. The predicted octanol–water partition coefficient (Wildman–Crippen LogP) is 3.61. The van der Waals surface area contributed by atoms with Crippen molar-refractivity contribution in [2.45, 2.75) is 12.5 Å². The van der Waals surface area contributed by atoms with Crippen molar-refractivity contribution in [1.29, 1.82) is 0 Å². The van der Waals surface area contributed by atoms with Crippen LogP contribution in [0, 0.1) is 17.7 Å². The Kier molecular flexibility index (Phi) is 5.49. The first-order valence-corrected chi connectivity index (χ1v) is 12.8. The highest BCUT2D eigenvalue weighted by Crippen LogP contribution is 2.50. The van der Waals surface area contributed by atoms with Crippen LogP contribution in [0.5, 0.6) is 16.6 Å². The summed E-state index contributed by atoms with van der Waals surface area (Å²) < 4.78 is 30.3. The number of hydrogen-bond donors (Lipinski definition) is 2. The molecule has 4 heterocycles. The number of hydrogen-bond acceptors (Lipinski definition) is 9. The lowest BCUT2D eigenvalue weighted by Crippen LogP contribution is -2.46. The minimum absolute atomic E-state index is 0.194. The summed E-state index contributed by atoms with van der Waals surface area (Å²) in [7, 11) is 0. The molecule has 3 atom stereocenters. The second kappa shape index (κ2) is 8.68. The molecule has 6 rings (SSSR count). The average molecular weight is 517 g/mol. The molecule has 3 aromatic rings. The van der Waals surface area contributed by atoms with Crippen LogP contribution < -0.4 is 25.3 Å². The number of carbonyl (C=O) groups is 2. The van der Waals surface area contributed by atoms with Gasteiger partial charge in [0.25, 0.3) is 5.91 Å². The molecule has 1 saturated carbocycles. The quantitative estimate of drug-likeness (QED) is 0.532. The van der Waals surface area contributed by atoms with Gasteiger partial charge >= 0.3 is 6.09 Å². The Balaban J connectivity index is 1.16. The second-order valence-electron chi connectivity index (χ2n) is 8.61. The molecule has 9 nitrogen and oxygen atoms in total. The van der Waals surface area contributed by atoms with Crippen LogP contribution in [0.25, 0.3) is 10.4 Å². The summed E-state index contributed by atoms with van der Waals surface area (Å²) in [4.78, 5) is 32.6. The molecule has 3 N–H and O–H groups in total. The van der Waals surface area contributed by atoms with E-state index in [1.165, 1.54) is 23.5 Å². The van der Waals surface area contributed by atoms with E-state index in [2.05, 4.69) is 10.3 Å². The number of amides is 2. The van der Waals surface area contributed by atoms with E-state index in [1.807, 2.05) is 0 Å². The van der Waals surface area contributed by atoms with Crippen LogP contribution in [0.1, 0.15) is 16.9 Å². The van der Waals surface area contributed by atoms with Gasteiger partial charge < -0.3 is 30.2 Å². The van der Waals surface area contributed by atoms with Crippen LogP contribution in [-0.2, 0) is 0 Å². The average Bonchev–Trinajstić information content (AvgIpc) is 3.16. The number of carbonyl (C=O) groups excluding carboxylic acids is 2. The number of likely N-dealkylation sites (tertiary alicyclic amines) is 1. The van der Waals surface area contributed by atoms with E-state index in [1.54, 1.807) is 22.4 Å². The molecule has 0 spiro atoms. The summed E-state index contributed by atoms with van der Waals surface area (Å²) in [5.74, 6) is 1.02. The third-order valence-electron chi connectivity index (χ3n) is 6.41. The maximum Gasteiger partial charge on any atom is 0.413 e. The Morgan fingerprint density at radius 3 is 3.03 bits per heavy atom. The molecule has 2 aliphatic heterocycles. The lowest BCUT2D eigenvalue weighted by molar-refractivity contribution is 0.0700. The minimum atomic E-state index is -0.626. The number of fused-ring (bicyclic) bond motifs is 2. The van der Waals surface area contributed by atoms with Crippen molar-refractivity contribution >= 4 is 39.8 Å². The van der Waals surface area contributed by atoms with E-state index < -0.39 is 11.9 Å². The van der Waals surface area contributed by atoms with Crippen molar-refractivity contribution < 1.29 is 28.2 Å². The lowest BCUT2D eigenvalue weighted by Gasteiger charge is -2.27. The SMILES string of the molecule is Nc1nc(C(=O)N2C[C@@H]3C[C@@H]3[C@H]2CNC(=O)Oc2scc3c2OCCO3)c(-c2cccc(F)c2)s1. The Morgan fingerprint density at radius 2 is 2.17 bits per heavy atom. The summed E-state index contributed by atoms with van der Waals surface area (Å²) in [6.07, 6.45) is 0.378. The van der Waals surface area contributed by atoms with Crippen LogP contribution >= 0.6 is 22.7 Å². The Labute approximate surface area is 207 Å². The number of nitrogens with zero attached hydrogens (tertiary/aromatic N) is 2. The topological polar surface area (TPSA) is 116 Å². The maximum absolute atomic E-state index is 13.8. The summed E-state index contributed by atoms with van der Waals surface area (Å²) in [5.41, 5.74) is 6.68. The number of nitrogens with one attached hydrogen (secondary N) is 1. The Hall–Kier alpha value is -3.38. The van der Waals surface area contributed by atoms with Crippen molar-refractivity contribution in [2.24, 2.45) is 11.8 Å². The maximum atomic E-state index is 13.8. The molecule has 3 aliphatic rings. The van der Waals surface area contributed by atoms with E-state index in [9.17, 15) is 14.0 Å². The molecule has 2 fully saturated rings. The van der Waals surface area contributed by atoms with Gasteiger partial charge in [0, 0.05) is 18.5 Å². The van der Waals surface area contributed by atoms with Crippen molar-refractivity contribution in [3.05, 3.63) is 41.2 Å². The smallest absolute Gasteiger partial charge is 0.413 e. The molecule has 1 aliphatic carbocycles. The number of aromatic nitrogens is 1. The van der Waals surface area contributed by atoms with Crippen molar-refractivity contribution in [2.75, 3.05) is 32.0 Å². The van der Waals surface area contributed by atoms with Crippen LogP contribution in [0.15, 0.2) is 29.6 Å². The van der Waals surface area contributed by atoms with E-state index >= 15 is 0 Å². The van der Waals surface area contributed by atoms with Crippen molar-refractivity contribution in [3.63, 3.8) is 0 Å². The third kappa shape index (κ3) is 4.16. The summed E-state index contributed by atoms with van der Waals surface area (Å²) in [6, 6.07) is 5.81. The third-order valence-corrected chi connectivity index (χ3v) is 8.16. The van der Waals surface area contributed by atoms with Gasteiger partial charge in [0.05, 0.1) is 10.9 Å². The molecule has 2 amide bonds. The number of thiophene rings is 1. The monoisotopic (exact) mass is 516 g/mol.